The minimum Gasteiger partial charge on any atom is -0.282 e. The number of carbonyl (C=O) groups is 1. The van der Waals surface area contributed by atoms with E-state index in [4.69, 9.17) is 0 Å². The van der Waals surface area contributed by atoms with Crippen LogP contribution in [0.25, 0.3) is 0 Å². The molecule has 0 bridgehead atoms. The molecule has 0 amide bonds. The van der Waals surface area contributed by atoms with E-state index in [1.54, 1.807) is 0 Å². The zero-order valence-corrected chi connectivity index (χ0v) is 13.5. The van der Waals surface area contributed by atoms with Gasteiger partial charge in [-0.05, 0) is 24.7 Å². The number of thioether (sulfide) groups is 4. The van der Waals surface area contributed by atoms with Gasteiger partial charge in [-0.15, -0.1) is 23.5 Å². The predicted molar refractivity (Wildman–Crippen MR) is 87.5 cm³/mol. The summed E-state index contributed by atoms with van der Waals surface area (Å²) in [5.41, 5.74) is 0. The lowest BCUT2D eigenvalue weighted by Crippen LogP contribution is -2.05. The quantitative estimate of drug-likeness (QED) is 0.493. The lowest BCUT2D eigenvalue weighted by atomic mass is 10.3. The minimum absolute atomic E-state index is 0.0949. The Hall–Kier alpha value is 0.810. The standard InChI is InChI=1S/C12H20OS4/c1-3-12(13)17-10(2)7-14-6-4-5-11-8-15-9-16-11/h3,10-11H,1,4-9H2,2H3. The van der Waals surface area contributed by atoms with Gasteiger partial charge < -0.3 is 0 Å². The Morgan fingerprint density at radius 1 is 1.65 bits per heavy atom. The molecule has 0 radical (unpaired) electrons. The van der Waals surface area contributed by atoms with Crippen molar-refractivity contribution in [3.8, 4) is 0 Å². The molecule has 1 aliphatic rings. The third-order valence-electron chi connectivity index (χ3n) is 2.34. The summed E-state index contributed by atoms with van der Waals surface area (Å²) < 4.78 is 0. The van der Waals surface area contributed by atoms with Crippen LogP contribution in [0.15, 0.2) is 12.7 Å². The third-order valence-corrected chi connectivity index (χ3v) is 7.77. The molecule has 1 aliphatic heterocycles. The van der Waals surface area contributed by atoms with E-state index in [0.29, 0.717) is 5.25 Å². The van der Waals surface area contributed by atoms with Crippen molar-refractivity contribution in [3.05, 3.63) is 12.7 Å². The Balaban J connectivity index is 1.92. The molecule has 0 spiro atoms. The van der Waals surface area contributed by atoms with Crippen LogP contribution in [0, 0.1) is 0 Å². The monoisotopic (exact) mass is 308 g/mol. The molecule has 2 unspecified atom stereocenters. The SMILES string of the molecule is C=CC(=O)SC(C)CSCCCC1CSCS1. The van der Waals surface area contributed by atoms with Gasteiger partial charge in [0, 0.05) is 27.1 Å². The second kappa shape index (κ2) is 9.70. The maximum atomic E-state index is 11.1. The van der Waals surface area contributed by atoms with Crippen molar-refractivity contribution in [1.82, 2.24) is 0 Å². The van der Waals surface area contributed by atoms with E-state index in [1.807, 2.05) is 11.8 Å². The fourth-order valence-corrected chi connectivity index (χ4v) is 6.38. The molecule has 0 aromatic heterocycles. The molecule has 98 valence electrons. The summed E-state index contributed by atoms with van der Waals surface area (Å²) >= 11 is 7.55. The molecule has 5 heteroatoms. The van der Waals surface area contributed by atoms with Gasteiger partial charge in [0.2, 0.25) is 5.12 Å². The number of rotatable bonds is 8. The van der Waals surface area contributed by atoms with Gasteiger partial charge >= 0.3 is 0 Å². The van der Waals surface area contributed by atoms with Crippen molar-refractivity contribution in [1.29, 1.82) is 0 Å². The first-order valence-corrected chi connectivity index (χ1v) is 10.1. The molecule has 1 saturated heterocycles. The van der Waals surface area contributed by atoms with Crippen LogP contribution in [0.2, 0.25) is 0 Å². The summed E-state index contributed by atoms with van der Waals surface area (Å²) in [5, 5.41) is 2.68. The van der Waals surface area contributed by atoms with Gasteiger partial charge in [0.05, 0.1) is 0 Å². The fourth-order valence-electron chi connectivity index (χ4n) is 1.48. The Kier molecular flexibility index (Phi) is 9.06. The topological polar surface area (TPSA) is 17.1 Å². The highest BCUT2D eigenvalue weighted by atomic mass is 32.2. The normalized spacial score (nSPS) is 21.4. The summed E-state index contributed by atoms with van der Waals surface area (Å²) in [4.78, 5) is 11.1. The molecule has 17 heavy (non-hydrogen) atoms. The van der Waals surface area contributed by atoms with E-state index in [2.05, 4.69) is 37.0 Å². The van der Waals surface area contributed by atoms with Crippen LogP contribution in [-0.4, -0.2) is 38.0 Å². The molecule has 1 rings (SSSR count). The lowest BCUT2D eigenvalue weighted by molar-refractivity contribution is -0.107. The lowest BCUT2D eigenvalue weighted by Gasteiger charge is -2.09. The number of hydrogen-bond acceptors (Lipinski definition) is 5. The van der Waals surface area contributed by atoms with E-state index in [-0.39, 0.29) is 5.12 Å². The van der Waals surface area contributed by atoms with Gasteiger partial charge in [-0.2, -0.15) is 11.8 Å². The van der Waals surface area contributed by atoms with Gasteiger partial charge in [-0.3, -0.25) is 4.79 Å². The van der Waals surface area contributed by atoms with Crippen molar-refractivity contribution >= 4 is 52.2 Å². The van der Waals surface area contributed by atoms with Crippen LogP contribution in [0.4, 0.5) is 0 Å². The van der Waals surface area contributed by atoms with Crippen LogP contribution >= 0.6 is 47.0 Å². The van der Waals surface area contributed by atoms with E-state index < -0.39 is 0 Å². The average molecular weight is 309 g/mol. The Morgan fingerprint density at radius 3 is 3.12 bits per heavy atom. The number of hydrogen-bond donors (Lipinski definition) is 0. The van der Waals surface area contributed by atoms with Crippen molar-refractivity contribution in [3.63, 3.8) is 0 Å². The van der Waals surface area contributed by atoms with Crippen LogP contribution in [0.3, 0.4) is 0 Å². The highest BCUT2D eigenvalue weighted by Crippen LogP contribution is 2.32. The summed E-state index contributed by atoms with van der Waals surface area (Å²) in [6.07, 6.45) is 4.08. The highest BCUT2D eigenvalue weighted by molar-refractivity contribution is 8.19. The Labute approximate surface area is 122 Å². The van der Waals surface area contributed by atoms with Crippen LogP contribution < -0.4 is 0 Å². The van der Waals surface area contributed by atoms with Gasteiger partial charge in [0.1, 0.15) is 0 Å². The zero-order chi connectivity index (χ0) is 12.5. The van der Waals surface area contributed by atoms with Gasteiger partial charge in [0.25, 0.3) is 0 Å². The third kappa shape index (κ3) is 7.75. The fraction of sp³-hybridized carbons (Fsp3) is 0.750. The van der Waals surface area contributed by atoms with Gasteiger partial charge in [-0.25, -0.2) is 0 Å². The summed E-state index contributed by atoms with van der Waals surface area (Å²) in [6, 6.07) is 0. The van der Waals surface area contributed by atoms with Crippen molar-refractivity contribution in [2.24, 2.45) is 0 Å². The average Bonchev–Trinajstić information content (AvgIpc) is 2.81. The molecular formula is C12H20OS4. The van der Waals surface area contributed by atoms with Crippen LogP contribution in [0.1, 0.15) is 19.8 Å². The second-order valence-electron chi connectivity index (χ2n) is 3.95. The van der Waals surface area contributed by atoms with Crippen molar-refractivity contribution in [2.75, 3.05) is 22.3 Å². The maximum absolute atomic E-state index is 11.1. The molecule has 1 nitrogen and oxygen atoms in total. The molecule has 0 saturated carbocycles. The van der Waals surface area contributed by atoms with E-state index in [9.17, 15) is 4.79 Å². The van der Waals surface area contributed by atoms with Crippen molar-refractivity contribution < 1.29 is 4.79 Å². The van der Waals surface area contributed by atoms with E-state index in [1.165, 1.54) is 47.3 Å². The molecule has 2 atom stereocenters. The summed E-state index contributed by atoms with van der Waals surface area (Å²) in [7, 11) is 0. The van der Waals surface area contributed by atoms with Gasteiger partial charge in [0.15, 0.2) is 0 Å². The molecule has 0 N–H and O–H groups in total. The van der Waals surface area contributed by atoms with Crippen LogP contribution in [0.5, 0.6) is 0 Å². The first-order valence-electron chi connectivity index (χ1n) is 5.82. The second-order valence-corrected chi connectivity index (χ2v) is 9.22. The molecule has 0 aromatic rings. The van der Waals surface area contributed by atoms with Crippen molar-refractivity contribution in [2.45, 2.75) is 30.3 Å². The number of carbonyl (C=O) groups excluding carboxylic acids is 1. The largest absolute Gasteiger partial charge is 0.282 e. The first-order chi connectivity index (χ1) is 8.22. The van der Waals surface area contributed by atoms with Gasteiger partial charge in [-0.1, -0.05) is 25.3 Å². The molecule has 1 fully saturated rings. The molecular weight excluding hydrogens is 288 g/mol. The highest BCUT2D eigenvalue weighted by Gasteiger charge is 2.15. The van der Waals surface area contributed by atoms with Crippen LogP contribution in [-0.2, 0) is 4.79 Å². The first kappa shape index (κ1) is 15.9. The molecule has 0 aromatic carbocycles. The molecule has 0 aliphatic carbocycles. The zero-order valence-electron chi connectivity index (χ0n) is 10.2. The van der Waals surface area contributed by atoms with E-state index in [0.717, 1.165) is 11.0 Å². The Bertz CT molecular complexity index is 239. The smallest absolute Gasteiger partial charge is 0.211 e. The van der Waals surface area contributed by atoms with E-state index >= 15 is 0 Å². The minimum atomic E-state index is 0.0949. The molecule has 1 heterocycles. The Morgan fingerprint density at radius 2 is 2.47 bits per heavy atom. The maximum Gasteiger partial charge on any atom is 0.211 e. The summed E-state index contributed by atoms with van der Waals surface area (Å²) in [6.45, 7) is 5.60. The summed E-state index contributed by atoms with van der Waals surface area (Å²) in [5.74, 6) is 3.64. The predicted octanol–water partition coefficient (Wildman–Crippen LogP) is 4.14.